The van der Waals surface area contributed by atoms with Gasteiger partial charge in [0.1, 0.15) is 4.32 Å². The zero-order valence-corrected chi connectivity index (χ0v) is 18.0. The zero-order valence-electron chi connectivity index (χ0n) is 16.4. The number of nitrogens with zero attached hydrogens (tertiary/aromatic N) is 2. The highest BCUT2D eigenvalue weighted by Crippen LogP contribution is 2.41. The van der Waals surface area contributed by atoms with Gasteiger partial charge < -0.3 is 5.11 Å². The van der Waals surface area contributed by atoms with E-state index in [4.69, 9.17) is 0 Å². The number of carboxylic acid groups (broad SMARTS) is 1. The van der Waals surface area contributed by atoms with Gasteiger partial charge in [0.2, 0.25) is 0 Å². The SMILES string of the molecule is CCCCCCc1cnc(-c2ccc(C(Br)(C(=O)O)C(C)CC)cc2)nc1. The van der Waals surface area contributed by atoms with Crippen molar-refractivity contribution in [3.63, 3.8) is 0 Å². The molecule has 1 heterocycles. The Morgan fingerprint density at radius 2 is 1.74 bits per heavy atom. The van der Waals surface area contributed by atoms with Crippen LogP contribution >= 0.6 is 15.9 Å². The predicted molar refractivity (Wildman–Crippen MR) is 113 cm³/mol. The molecule has 0 radical (unpaired) electrons. The van der Waals surface area contributed by atoms with Crippen LogP contribution < -0.4 is 0 Å². The van der Waals surface area contributed by atoms with Gasteiger partial charge in [0.15, 0.2) is 5.82 Å². The number of hydrogen-bond donors (Lipinski definition) is 1. The summed E-state index contributed by atoms with van der Waals surface area (Å²) in [6, 6.07) is 7.50. The Labute approximate surface area is 170 Å². The Morgan fingerprint density at radius 3 is 2.26 bits per heavy atom. The maximum atomic E-state index is 11.9. The topological polar surface area (TPSA) is 63.1 Å². The van der Waals surface area contributed by atoms with Crippen molar-refractivity contribution in [1.29, 1.82) is 0 Å². The highest BCUT2D eigenvalue weighted by Gasteiger charge is 2.42. The van der Waals surface area contributed by atoms with Gasteiger partial charge in [-0.25, -0.2) is 9.97 Å². The molecule has 0 saturated carbocycles. The van der Waals surface area contributed by atoms with Gasteiger partial charge in [0, 0.05) is 18.0 Å². The number of halogens is 1. The first-order valence-electron chi connectivity index (χ1n) is 9.77. The van der Waals surface area contributed by atoms with Crippen molar-refractivity contribution in [3.05, 3.63) is 47.8 Å². The summed E-state index contributed by atoms with van der Waals surface area (Å²) in [6.07, 6.45) is 10.5. The second kappa shape index (κ2) is 9.98. The molecule has 5 heteroatoms. The van der Waals surface area contributed by atoms with Gasteiger partial charge >= 0.3 is 5.97 Å². The van der Waals surface area contributed by atoms with Crippen LogP contribution in [-0.4, -0.2) is 21.0 Å². The first-order valence-corrected chi connectivity index (χ1v) is 10.6. The van der Waals surface area contributed by atoms with Gasteiger partial charge in [-0.2, -0.15) is 0 Å². The van der Waals surface area contributed by atoms with Crippen molar-refractivity contribution in [2.45, 2.75) is 63.6 Å². The molecule has 0 fully saturated rings. The first kappa shape index (κ1) is 21.5. The normalized spacial score (nSPS) is 14.5. The molecule has 2 unspecified atom stereocenters. The van der Waals surface area contributed by atoms with E-state index in [1.54, 1.807) is 0 Å². The summed E-state index contributed by atoms with van der Waals surface area (Å²) >= 11 is 3.48. The smallest absolute Gasteiger partial charge is 0.325 e. The highest BCUT2D eigenvalue weighted by molar-refractivity contribution is 9.10. The van der Waals surface area contributed by atoms with E-state index in [-0.39, 0.29) is 5.92 Å². The van der Waals surface area contributed by atoms with E-state index in [1.165, 1.54) is 25.7 Å². The third-order valence-electron chi connectivity index (χ3n) is 5.19. The fraction of sp³-hybridized carbons (Fsp3) is 0.500. The minimum atomic E-state index is -1.08. The summed E-state index contributed by atoms with van der Waals surface area (Å²) in [5.41, 5.74) is 2.79. The molecule has 0 aliphatic rings. The Bertz CT molecular complexity index is 731. The summed E-state index contributed by atoms with van der Waals surface area (Å²) in [5.74, 6) is -0.240. The Balaban J connectivity index is 2.13. The van der Waals surface area contributed by atoms with Crippen molar-refractivity contribution in [1.82, 2.24) is 9.97 Å². The lowest BCUT2D eigenvalue weighted by Crippen LogP contribution is -2.35. The number of aromatic nitrogens is 2. The molecule has 0 bridgehead atoms. The standard InChI is InChI=1S/C22H29BrN2O2/c1-4-6-7-8-9-17-14-24-20(25-15-17)18-10-12-19(13-11-18)22(23,21(26)27)16(3)5-2/h10-16H,4-9H2,1-3H3,(H,26,27). The molecule has 0 aliphatic heterocycles. The number of aryl methyl sites for hydroxylation is 1. The summed E-state index contributed by atoms with van der Waals surface area (Å²) in [5, 5.41) is 9.74. The average molecular weight is 433 g/mol. The number of unbranched alkanes of at least 4 members (excludes halogenated alkanes) is 3. The van der Waals surface area contributed by atoms with Gasteiger partial charge in [-0.3, -0.25) is 4.79 Å². The summed E-state index contributed by atoms with van der Waals surface area (Å²) in [6.45, 7) is 6.15. The monoisotopic (exact) mass is 432 g/mol. The van der Waals surface area contributed by atoms with Crippen LogP contribution in [0.3, 0.4) is 0 Å². The maximum absolute atomic E-state index is 11.9. The van der Waals surface area contributed by atoms with Crippen LogP contribution in [0.4, 0.5) is 0 Å². The third kappa shape index (κ3) is 5.16. The molecule has 0 spiro atoms. The van der Waals surface area contributed by atoms with Gasteiger partial charge in [0.05, 0.1) is 0 Å². The van der Waals surface area contributed by atoms with Crippen molar-refractivity contribution in [3.8, 4) is 11.4 Å². The molecule has 2 aromatic rings. The molecule has 4 nitrogen and oxygen atoms in total. The van der Waals surface area contributed by atoms with Crippen LogP contribution in [0, 0.1) is 5.92 Å². The van der Waals surface area contributed by atoms with E-state index in [0.29, 0.717) is 5.82 Å². The van der Waals surface area contributed by atoms with Crippen molar-refractivity contribution < 1.29 is 9.90 Å². The first-order chi connectivity index (χ1) is 12.9. The number of rotatable bonds is 10. The fourth-order valence-electron chi connectivity index (χ4n) is 3.15. The van der Waals surface area contributed by atoms with E-state index >= 15 is 0 Å². The van der Waals surface area contributed by atoms with E-state index < -0.39 is 10.3 Å². The van der Waals surface area contributed by atoms with E-state index in [0.717, 1.165) is 29.5 Å². The van der Waals surface area contributed by atoms with Crippen molar-refractivity contribution in [2.75, 3.05) is 0 Å². The highest BCUT2D eigenvalue weighted by atomic mass is 79.9. The number of hydrogen-bond acceptors (Lipinski definition) is 3. The second-order valence-corrected chi connectivity index (χ2v) is 8.38. The van der Waals surface area contributed by atoms with Gasteiger partial charge in [-0.1, -0.05) is 86.6 Å². The summed E-state index contributed by atoms with van der Waals surface area (Å²) in [4.78, 5) is 20.8. The molecule has 1 N–H and O–H groups in total. The zero-order chi connectivity index (χ0) is 19.9. The number of aliphatic carboxylic acids is 1. The van der Waals surface area contributed by atoms with E-state index in [1.807, 2.05) is 50.5 Å². The molecule has 27 heavy (non-hydrogen) atoms. The second-order valence-electron chi connectivity index (χ2n) is 7.13. The van der Waals surface area contributed by atoms with E-state index in [2.05, 4.69) is 32.8 Å². The molecule has 0 aliphatic carbocycles. The van der Waals surface area contributed by atoms with Gasteiger partial charge in [0.25, 0.3) is 0 Å². The van der Waals surface area contributed by atoms with Crippen LogP contribution in [0.5, 0.6) is 0 Å². The lowest BCUT2D eigenvalue weighted by molar-refractivity contribution is -0.141. The van der Waals surface area contributed by atoms with Crippen LogP contribution in [0.25, 0.3) is 11.4 Å². The molecule has 2 rings (SSSR count). The largest absolute Gasteiger partial charge is 0.480 e. The molecule has 1 aromatic heterocycles. The third-order valence-corrected chi connectivity index (χ3v) is 6.77. The van der Waals surface area contributed by atoms with Crippen LogP contribution in [0.15, 0.2) is 36.7 Å². The van der Waals surface area contributed by atoms with Crippen LogP contribution in [0.1, 0.15) is 64.0 Å². The van der Waals surface area contributed by atoms with Crippen LogP contribution in [0.2, 0.25) is 0 Å². The fourth-order valence-corrected chi connectivity index (χ4v) is 3.74. The van der Waals surface area contributed by atoms with Crippen LogP contribution in [-0.2, 0) is 15.5 Å². The Hall–Kier alpha value is -1.75. The molecule has 0 amide bonds. The van der Waals surface area contributed by atoms with Crippen molar-refractivity contribution >= 4 is 21.9 Å². The number of alkyl halides is 1. The minimum absolute atomic E-state index is 0.0379. The average Bonchev–Trinajstić information content (AvgIpc) is 2.70. The molecule has 146 valence electrons. The number of benzene rings is 1. The number of carbonyl (C=O) groups is 1. The molecular weight excluding hydrogens is 404 g/mol. The minimum Gasteiger partial charge on any atom is -0.480 e. The lowest BCUT2D eigenvalue weighted by Gasteiger charge is -2.29. The van der Waals surface area contributed by atoms with Gasteiger partial charge in [-0.05, 0) is 29.9 Å². The molecule has 2 atom stereocenters. The summed E-state index contributed by atoms with van der Waals surface area (Å²) < 4.78 is -1.08. The molecular formula is C22H29BrN2O2. The number of carboxylic acids is 1. The van der Waals surface area contributed by atoms with Crippen molar-refractivity contribution in [2.24, 2.45) is 5.92 Å². The molecule has 1 aromatic carbocycles. The van der Waals surface area contributed by atoms with E-state index in [9.17, 15) is 9.90 Å². The lowest BCUT2D eigenvalue weighted by atomic mass is 9.85. The summed E-state index contributed by atoms with van der Waals surface area (Å²) in [7, 11) is 0. The Morgan fingerprint density at radius 1 is 1.11 bits per heavy atom. The molecule has 0 saturated heterocycles. The maximum Gasteiger partial charge on any atom is 0.325 e. The predicted octanol–water partition coefficient (Wildman–Crippen LogP) is 5.99. The Kier molecular flexibility index (Phi) is 7.96. The quantitative estimate of drug-likeness (QED) is 0.369. The van der Waals surface area contributed by atoms with Gasteiger partial charge in [-0.15, -0.1) is 0 Å².